The Morgan fingerprint density at radius 3 is 2.52 bits per heavy atom. The molecule has 1 saturated heterocycles. The van der Waals surface area contributed by atoms with E-state index in [1.807, 2.05) is 18.2 Å². The summed E-state index contributed by atoms with van der Waals surface area (Å²) >= 11 is 0. The summed E-state index contributed by atoms with van der Waals surface area (Å²) in [6, 6.07) is 13.5. The van der Waals surface area contributed by atoms with Crippen LogP contribution in [0.2, 0.25) is 0 Å². The monoisotopic (exact) mass is 342 g/mol. The van der Waals surface area contributed by atoms with E-state index >= 15 is 0 Å². The van der Waals surface area contributed by atoms with Gasteiger partial charge in [-0.1, -0.05) is 30.3 Å². The first-order valence-corrected chi connectivity index (χ1v) is 8.67. The Hall–Kier alpha value is -2.24. The molecule has 4 nitrogen and oxygen atoms in total. The van der Waals surface area contributed by atoms with Crippen LogP contribution in [0.25, 0.3) is 11.1 Å². The van der Waals surface area contributed by atoms with Crippen molar-refractivity contribution in [2.75, 3.05) is 26.2 Å². The lowest BCUT2D eigenvalue weighted by atomic mass is 9.99. The van der Waals surface area contributed by atoms with Gasteiger partial charge in [-0.05, 0) is 42.2 Å². The molecule has 0 atom stereocenters. The summed E-state index contributed by atoms with van der Waals surface area (Å²) in [5.74, 6) is -0.422. The maximum absolute atomic E-state index is 13.1. The van der Waals surface area contributed by atoms with Crippen molar-refractivity contribution < 1.29 is 14.3 Å². The van der Waals surface area contributed by atoms with Crippen molar-refractivity contribution >= 4 is 5.91 Å². The summed E-state index contributed by atoms with van der Waals surface area (Å²) in [5, 5.41) is 12.5. The van der Waals surface area contributed by atoms with E-state index in [-0.39, 0.29) is 17.8 Å². The molecule has 0 saturated carbocycles. The van der Waals surface area contributed by atoms with E-state index in [2.05, 4.69) is 10.2 Å². The number of benzene rings is 2. The molecule has 5 heteroatoms. The van der Waals surface area contributed by atoms with Crippen LogP contribution in [0.4, 0.5) is 4.39 Å². The van der Waals surface area contributed by atoms with Crippen molar-refractivity contribution in [1.82, 2.24) is 10.2 Å². The molecule has 132 valence electrons. The number of halogens is 1. The number of piperidine rings is 1. The van der Waals surface area contributed by atoms with Crippen LogP contribution >= 0.6 is 0 Å². The van der Waals surface area contributed by atoms with Crippen LogP contribution in [-0.2, 0) is 0 Å². The molecule has 2 aromatic carbocycles. The number of nitrogens with one attached hydrogen (secondary N) is 1. The number of likely N-dealkylation sites (tertiary alicyclic amines) is 1. The summed E-state index contributed by atoms with van der Waals surface area (Å²) in [5.41, 5.74) is 2.20. The highest BCUT2D eigenvalue weighted by Gasteiger charge is 2.17. The lowest BCUT2D eigenvalue weighted by molar-refractivity contribution is 0.0804. The average Bonchev–Trinajstić information content (AvgIpc) is 2.64. The second kappa shape index (κ2) is 8.23. The number of nitrogens with zero attached hydrogens (tertiary/aromatic N) is 1. The maximum Gasteiger partial charge on any atom is 0.251 e. The van der Waals surface area contributed by atoms with Crippen molar-refractivity contribution in [1.29, 1.82) is 0 Å². The quantitative estimate of drug-likeness (QED) is 0.878. The van der Waals surface area contributed by atoms with Gasteiger partial charge in [0, 0.05) is 31.7 Å². The largest absolute Gasteiger partial charge is 0.393 e. The van der Waals surface area contributed by atoms with Gasteiger partial charge in [-0.3, -0.25) is 4.79 Å². The second-order valence-electron chi connectivity index (χ2n) is 6.38. The van der Waals surface area contributed by atoms with Gasteiger partial charge in [0.05, 0.1) is 6.10 Å². The van der Waals surface area contributed by atoms with Gasteiger partial charge in [-0.2, -0.15) is 0 Å². The number of hydrogen-bond donors (Lipinski definition) is 2. The van der Waals surface area contributed by atoms with Gasteiger partial charge in [0.1, 0.15) is 5.82 Å². The molecule has 2 aromatic rings. The minimum Gasteiger partial charge on any atom is -0.393 e. The number of amides is 1. The van der Waals surface area contributed by atoms with Crippen LogP contribution in [0, 0.1) is 5.82 Å². The summed E-state index contributed by atoms with van der Waals surface area (Å²) in [7, 11) is 0. The molecular formula is C20H23FN2O2. The molecular weight excluding hydrogens is 319 g/mol. The summed E-state index contributed by atoms with van der Waals surface area (Å²) in [6.07, 6.45) is 1.40. The molecule has 1 amide bonds. The third-order valence-corrected chi connectivity index (χ3v) is 4.60. The number of hydrogen-bond acceptors (Lipinski definition) is 3. The highest BCUT2D eigenvalue weighted by Crippen LogP contribution is 2.23. The Morgan fingerprint density at radius 1 is 1.12 bits per heavy atom. The molecule has 0 unspecified atom stereocenters. The summed E-state index contributed by atoms with van der Waals surface area (Å²) in [4.78, 5) is 14.8. The summed E-state index contributed by atoms with van der Waals surface area (Å²) in [6.45, 7) is 3.07. The van der Waals surface area contributed by atoms with E-state index < -0.39 is 0 Å². The highest BCUT2D eigenvalue weighted by atomic mass is 19.1. The minimum absolute atomic E-state index is 0.128. The number of rotatable bonds is 5. The van der Waals surface area contributed by atoms with Gasteiger partial charge in [-0.15, -0.1) is 0 Å². The number of carbonyl (C=O) groups is 1. The average molecular weight is 342 g/mol. The molecule has 25 heavy (non-hydrogen) atoms. The van der Waals surface area contributed by atoms with E-state index in [1.165, 1.54) is 12.1 Å². The minimum atomic E-state index is -0.294. The van der Waals surface area contributed by atoms with Crippen LogP contribution in [-0.4, -0.2) is 48.2 Å². The van der Waals surface area contributed by atoms with Gasteiger partial charge in [0.2, 0.25) is 0 Å². The molecule has 2 N–H and O–H groups in total. The third kappa shape index (κ3) is 4.65. The smallest absolute Gasteiger partial charge is 0.251 e. The Labute approximate surface area is 147 Å². The fraction of sp³-hybridized carbons (Fsp3) is 0.350. The third-order valence-electron chi connectivity index (χ3n) is 4.60. The molecule has 3 rings (SSSR count). The zero-order valence-corrected chi connectivity index (χ0v) is 14.1. The number of aliphatic hydroxyl groups excluding tert-OH is 1. The van der Waals surface area contributed by atoms with E-state index in [9.17, 15) is 14.3 Å². The van der Waals surface area contributed by atoms with Gasteiger partial charge in [-0.25, -0.2) is 4.39 Å². The highest BCUT2D eigenvalue weighted by molar-refractivity contribution is 6.00. The predicted octanol–water partition coefficient (Wildman–Crippen LogP) is 2.68. The molecule has 0 bridgehead atoms. The zero-order chi connectivity index (χ0) is 17.6. The lowest BCUT2D eigenvalue weighted by Gasteiger charge is -2.29. The van der Waals surface area contributed by atoms with Crippen molar-refractivity contribution in [3.63, 3.8) is 0 Å². The van der Waals surface area contributed by atoms with Crippen LogP contribution in [0.5, 0.6) is 0 Å². The van der Waals surface area contributed by atoms with Gasteiger partial charge >= 0.3 is 0 Å². The Bertz CT molecular complexity index is 710. The topological polar surface area (TPSA) is 52.6 Å². The van der Waals surface area contributed by atoms with Crippen LogP contribution < -0.4 is 5.32 Å². The first kappa shape index (κ1) is 17.6. The Kier molecular flexibility index (Phi) is 5.79. The molecule has 1 fully saturated rings. The van der Waals surface area contributed by atoms with Crippen LogP contribution in [0.3, 0.4) is 0 Å². The van der Waals surface area contributed by atoms with E-state index in [4.69, 9.17) is 0 Å². The Morgan fingerprint density at radius 2 is 1.80 bits per heavy atom. The fourth-order valence-electron chi connectivity index (χ4n) is 3.13. The van der Waals surface area contributed by atoms with Crippen molar-refractivity contribution in [3.8, 4) is 11.1 Å². The first-order valence-electron chi connectivity index (χ1n) is 8.67. The second-order valence-corrected chi connectivity index (χ2v) is 6.38. The first-order chi connectivity index (χ1) is 12.1. The van der Waals surface area contributed by atoms with Crippen molar-refractivity contribution in [2.45, 2.75) is 18.9 Å². The molecule has 1 aliphatic heterocycles. The van der Waals surface area contributed by atoms with Gasteiger partial charge in [0.15, 0.2) is 0 Å². The molecule has 0 aromatic heterocycles. The predicted molar refractivity (Wildman–Crippen MR) is 95.9 cm³/mol. The van der Waals surface area contributed by atoms with Crippen molar-refractivity contribution in [3.05, 3.63) is 59.9 Å². The molecule has 0 radical (unpaired) electrons. The summed E-state index contributed by atoms with van der Waals surface area (Å²) < 4.78 is 13.1. The molecule has 1 heterocycles. The van der Waals surface area contributed by atoms with Crippen LogP contribution in [0.1, 0.15) is 23.2 Å². The normalized spacial score (nSPS) is 15.9. The molecule has 0 spiro atoms. The lowest BCUT2D eigenvalue weighted by Crippen LogP contribution is -2.40. The van der Waals surface area contributed by atoms with E-state index in [0.29, 0.717) is 12.1 Å². The standard InChI is InChI=1S/C20H23FN2O2/c21-16-7-5-15(6-8-16)18-3-1-2-4-19(18)20(25)22-11-14-23-12-9-17(24)10-13-23/h1-8,17,24H,9-14H2,(H,22,25). The van der Waals surface area contributed by atoms with E-state index in [1.54, 1.807) is 18.2 Å². The van der Waals surface area contributed by atoms with Crippen LogP contribution in [0.15, 0.2) is 48.5 Å². The number of aliphatic hydroxyl groups is 1. The number of carbonyl (C=O) groups excluding carboxylic acids is 1. The van der Waals surface area contributed by atoms with Gasteiger partial charge in [0.25, 0.3) is 5.91 Å². The molecule has 0 aliphatic carbocycles. The van der Waals surface area contributed by atoms with Crippen molar-refractivity contribution in [2.24, 2.45) is 0 Å². The zero-order valence-electron chi connectivity index (χ0n) is 14.1. The SMILES string of the molecule is O=C(NCCN1CCC(O)CC1)c1ccccc1-c1ccc(F)cc1. The molecule has 1 aliphatic rings. The Balaban J connectivity index is 1.61. The maximum atomic E-state index is 13.1. The fourth-order valence-corrected chi connectivity index (χ4v) is 3.13. The van der Waals surface area contributed by atoms with Gasteiger partial charge < -0.3 is 15.3 Å². The van der Waals surface area contributed by atoms with E-state index in [0.717, 1.165) is 43.6 Å².